The zero-order valence-electron chi connectivity index (χ0n) is 12.7. The molecule has 0 spiro atoms. The van der Waals surface area contributed by atoms with Crippen LogP contribution >= 0.6 is 0 Å². The van der Waals surface area contributed by atoms with Gasteiger partial charge in [-0.2, -0.15) is 12.7 Å². The van der Waals surface area contributed by atoms with Crippen LogP contribution in [0.3, 0.4) is 0 Å². The first-order valence-corrected chi connectivity index (χ1v) is 9.31. The molecule has 2 saturated heterocycles. The van der Waals surface area contributed by atoms with E-state index in [1.165, 1.54) is 0 Å². The fourth-order valence-electron chi connectivity index (χ4n) is 2.86. The first-order chi connectivity index (χ1) is 10.1. The fraction of sp³-hybridized carbons (Fsp3) is 1.00. The molecule has 8 heteroatoms. The van der Waals surface area contributed by atoms with Crippen LogP contribution in [0, 0.1) is 5.92 Å². The third kappa shape index (κ3) is 5.46. The number of nitrogens with one attached hydrogen (secondary N) is 1. The molecule has 0 aromatic heterocycles. The molecule has 0 aliphatic carbocycles. The molecule has 2 aliphatic heterocycles. The van der Waals surface area contributed by atoms with Crippen molar-refractivity contribution >= 4 is 10.2 Å². The third-order valence-corrected chi connectivity index (χ3v) is 5.77. The summed E-state index contributed by atoms with van der Waals surface area (Å²) in [5.74, 6) is 0.295. The summed E-state index contributed by atoms with van der Waals surface area (Å²) in [6.07, 6.45) is 2.75. The van der Waals surface area contributed by atoms with E-state index in [1.807, 2.05) is 0 Å². The zero-order chi connectivity index (χ0) is 15.1. The number of hydrogen-bond acceptors (Lipinski definition) is 5. The highest BCUT2D eigenvalue weighted by Gasteiger charge is 2.27. The maximum atomic E-state index is 12.2. The minimum atomic E-state index is -3.34. The first-order valence-electron chi connectivity index (χ1n) is 7.87. The van der Waals surface area contributed by atoms with Crippen LogP contribution in [0.2, 0.25) is 0 Å². The second-order valence-corrected chi connectivity index (χ2v) is 7.56. The Labute approximate surface area is 128 Å². The molecule has 0 aromatic carbocycles. The molecule has 21 heavy (non-hydrogen) atoms. The number of morpholine rings is 1. The molecule has 2 fully saturated rings. The van der Waals surface area contributed by atoms with E-state index in [4.69, 9.17) is 10.5 Å². The SMILES string of the molecule is NCC1CCCN(S(=O)(=O)NCCCN2CCOCC2)C1. The van der Waals surface area contributed by atoms with E-state index < -0.39 is 10.2 Å². The molecule has 0 aromatic rings. The van der Waals surface area contributed by atoms with Crippen LogP contribution in [0.15, 0.2) is 0 Å². The second-order valence-electron chi connectivity index (χ2n) is 5.81. The Morgan fingerprint density at radius 3 is 2.71 bits per heavy atom. The summed E-state index contributed by atoms with van der Waals surface area (Å²) >= 11 is 0. The van der Waals surface area contributed by atoms with Crippen LogP contribution in [0.1, 0.15) is 19.3 Å². The summed E-state index contributed by atoms with van der Waals surface area (Å²) in [6, 6.07) is 0. The van der Waals surface area contributed by atoms with Gasteiger partial charge in [0.25, 0.3) is 10.2 Å². The molecule has 1 atom stereocenters. The predicted octanol–water partition coefficient (Wildman–Crippen LogP) is -0.786. The summed E-state index contributed by atoms with van der Waals surface area (Å²) in [4.78, 5) is 2.31. The lowest BCUT2D eigenvalue weighted by Crippen LogP contribution is -2.47. The minimum absolute atomic E-state index is 0.295. The normalized spacial score (nSPS) is 26.0. The lowest BCUT2D eigenvalue weighted by molar-refractivity contribution is 0.0376. The molecule has 0 bridgehead atoms. The van der Waals surface area contributed by atoms with Gasteiger partial charge < -0.3 is 10.5 Å². The van der Waals surface area contributed by atoms with E-state index in [0.29, 0.717) is 32.1 Å². The van der Waals surface area contributed by atoms with Gasteiger partial charge in [0.15, 0.2) is 0 Å². The van der Waals surface area contributed by atoms with Crippen molar-refractivity contribution in [3.8, 4) is 0 Å². The van der Waals surface area contributed by atoms with Gasteiger partial charge in [0.1, 0.15) is 0 Å². The van der Waals surface area contributed by atoms with Gasteiger partial charge in [0, 0.05) is 32.7 Å². The number of nitrogens with zero attached hydrogens (tertiary/aromatic N) is 2. The minimum Gasteiger partial charge on any atom is -0.379 e. The highest BCUT2D eigenvalue weighted by Crippen LogP contribution is 2.17. The first kappa shape index (κ1) is 17.1. The summed E-state index contributed by atoms with van der Waals surface area (Å²) in [5, 5.41) is 0. The summed E-state index contributed by atoms with van der Waals surface area (Å²) in [6.45, 7) is 6.56. The van der Waals surface area contributed by atoms with Crippen LogP contribution in [0.4, 0.5) is 0 Å². The molecular formula is C13H28N4O3S. The molecule has 0 radical (unpaired) electrons. The van der Waals surface area contributed by atoms with Gasteiger partial charge in [-0.15, -0.1) is 0 Å². The highest BCUT2D eigenvalue weighted by molar-refractivity contribution is 7.87. The van der Waals surface area contributed by atoms with Crippen molar-refractivity contribution in [2.24, 2.45) is 11.7 Å². The molecular weight excluding hydrogens is 292 g/mol. The van der Waals surface area contributed by atoms with Gasteiger partial charge in [-0.1, -0.05) is 0 Å². The van der Waals surface area contributed by atoms with Gasteiger partial charge in [0.2, 0.25) is 0 Å². The number of rotatable bonds is 7. The summed E-state index contributed by atoms with van der Waals surface area (Å²) in [7, 11) is -3.34. The Morgan fingerprint density at radius 1 is 1.24 bits per heavy atom. The second kappa shape index (κ2) is 8.40. The van der Waals surface area contributed by atoms with Crippen LogP contribution in [-0.2, 0) is 14.9 Å². The van der Waals surface area contributed by atoms with Gasteiger partial charge in [-0.25, -0.2) is 4.72 Å². The molecule has 2 aliphatic rings. The predicted molar refractivity (Wildman–Crippen MR) is 82.1 cm³/mol. The quantitative estimate of drug-likeness (QED) is 0.601. The maximum Gasteiger partial charge on any atom is 0.279 e. The van der Waals surface area contributed by atoms with Crippen LogP contribution < -0.4 is 10.5 Å². The Kier molecular flexibility index (Phi) is 6.84. The van der Waals surface area contributed by atoms with Crippen molar-refractivity contribution in [3.05, 3.63) is 0 Å². The Balaban J connectivity index is 1.68. The Morgan fingerprint density at radius 2 is 2.00 bits per heavy atom. The standard InChI is InChI=1S/C13H28N4O3S/c14-11-13-3-1-6-17(12-13)21(18,19)15-4-2-5-16-7-9-20-10-8-16/h13,15H,1-12,14H2. The van der Waals surface area contributed by atoms with Crippen LogP contribution in [-0.4, -0.2) is 76.6 Å². The van der Waals surface area contributed by atoms with Crippen molar-refractivity contribution in [1.29, 1.82) is 0 Å². The van der Waals surface area contributed by atoms with Crippen molar-refractivity contribution in [3.63, 3.8) is 0 Å². The van der Waals surface area contributed by atoms with E-state index in [2.05, 4.69) is 9.62 Å². The third-order valence-electron chi connectivity index (χ3n) is 4.19. The number of hydrogen-bond donors (Lipinski definition) is 2. The molecule has 1 unspecified atom stereocenters. The van der Waals surface area contributed by atoms with Gasteiger partial charge in [-0.05, 0) is 38.3 Å². The topological polar surface area (TPSA) is 87.9 Å². The highest BCUT2D eigenvalue weighted by atomic mass is 32.2. The van der Waals surface area contributed by atoms with E-state index >= 15 is 0 Å². The fourth-order valence-corrected chi connectivity index (χ4v) is 4.22. The van der Waals surface area contributed by atoms with E-state index in [1.54, 1.807) is 4.31 Å². The van der Waals surface area contributed by atoms with E-state index in [9.17, 15) is 8.42 Å². The average molecular weight is 320 g/mol. The number of piperidine rings is 1. The molecule has 7 nitrogen and oxygen atoms in total. The maximum absolute atomic E-state index is 12.2. The van der Waals surface area contributed by atoms with E-state index in [-0.39, 0.29) is 0 Å². The lowest BCUT2D eigenvalue weighted by Gasteiger charge is -2.31. The van der Waals surface area contributed by atoms with Gasteiger partial charge in [0.05, 0.1) is 13.2 Å². The molecule has 2 rings (SSSR count). The van der Waals surface area contributed by atoms with Gasteiger partial charge >= 0.3 is 0 Å². The Bertz CT molecular complexity index is 398. The van der Waals surface area contributed by atoms with Gasteiger partial charge in [-0.3, -0.25) is 4.90 Å². The van der Waals surface area contributed by atoms with Crippen molar-refractivity contribution in [2.75, 3.05) is 59.0 Å². The van der Waals surface area contributed by atoms with E-state index in [0.717, 1.165) is 52.1 Å². The number of nitrogens with two attached hydrogens (primary N) is 1. The van der Waals surface area contributed by atoms with Crippen molar-refractivity contribution < 1.29 is 13.2 Å². The Hall–Kier alpha value is -0.250. The van der Waals surface area contributed by atoms with Crippen LogP contribution in [0.5, 0.6) is 0 Å². The smallest absolute Gasteiger partial charge is 0.279 e. The summed E-state index contributed by atoms with van der Waals surface area (Å²) in [5.41, 5.74) is 5.66. The zero-order valence-corrected chi connectivity index (χ0v) is 13.5. The molecule has 124 valence electrons. The largest absolute Gasteiger partial charge is 0.379 e. The summed E-state index contributed by atoms with van der Waals surface area (Å²) < 4.78 is 34.0. The monoisotopic (exact) mass is 320 g/mol. The molecule has 2 heterocycles. The average Bonchev–Trinajstić information content (AvgIpc) is 2.53. The van der Waals surface area contributed by atoms with Crippen LogP contribution in [0.25, 0.3) is 0 Å². The lowest BCUT2D eigenvalue weighted by atomic mass is 10.0. The molecule has 0 saturated carbocycles. The van der Waals surface area contributed by atoms with Crippen molar-refractivity contribution in [1.82, 2.24) is 13.9 Å². The molecule has 0 amide bonds. The number of ether oxygens (including phenoxy) is 1. The van der Waals surface area contributed by atoms with Crippen molar-refractivity contribution in [2.45, 2.75) is 19.3 Å². The molecule has 3 N–H and O–H groups in total.